The van der Waals surface area contributed by atoms with Gasteiger partial charge in [0.2, 0.25) is 0 Å². The van der Waals surface area contributed by atoms with E-state index >= 15 is 0 Å². The third kappa shape index (κ3) is 1.88. The maximum atomic E-state index is 11.5. The smallest absolute Gasteiger partial charge is 0.149 e. The van der Waals surface area contributed by atoms with Gasteiger partial charge in [-0.2, -0.15) is 9.81 Å². The molecule has 0 N–H and O–H groups in total. The highest BCUT2D eigenvalue weighted by Gasteiger charge is 2.63. The Hall–Kier alpha value is -0.220. The number of alkyl halides is 2. The van der Waals surface area contributed by atoms with Gasteiger partial charge in [-0.1, -0.05) is 36.0 Å². The third-order valence-corrected chi connectivity index (χ3v) is 5.80. The first kappa shape index (κ1) is 14.2. The normalized spacial score (nSPS) is 45.4. The zero-order valence-corrected chi connectivity index (χ0v) is 11.8. The van der Waals surface area contributed by atoms with E-state index in [4.69, 9.17) is 23.2 Å². The van der Waals surface area contributed by atoms with Gasteiger partial charge in [0.1, 0.15) is 11.1 Å². The second-order valence-electron chi connectivity index (χ2n) is 5.46. The Bertz CT molecular complexity index is 310. The molecule has 0 saturated heterocycles. The number of nitrogens with zero attached hydrogens (tertiary/aromatic N) is 2. The summed E-state index contributed by atoms with van der Waals surface area (Å²) >= 11 is 12.7. The van der Waals surface area contributed by atoms with Gasteiger partial charge in [0.15, 0.2) is 0 Å². The molecule has 4 unspecified atom stereocenters. The van der Waals surface area contributed by atoms with Crippen molar-refractivity contribution in [2.24, 2.45) is 10.4 Å². The minimum atomic E-state index is -1.11. The first-order chi connectivity index (χ1) is 8.63. The van der Waals surface area contributed by atoms with Gasteiger partial charge in [0.05, 0.1) is 10.8 Å². The summed E-state index contributed by atoms with van der Waals surface area (Å²) in [5.74, 6) is 0. The summed E-state index contributed by atoms with van der Waals surface area (Å²) in [6.45, 7) is 0. The molecular weight excluding hydrogens is 275 g/mol. The van der Waals surface area contributed by atoms with Crippen molar-refractivity contribution < 1.29 is 0 Å². The maximum absolute atomic E-state index is 11.5. The Morgan fingerprint density at radius 3 is 1.44 bits per heavy atom. The predicted molar refractivity (Wildman–Crippen MR) is 73.3 cm³/mol. The monoisotopic (exact) mass is 292 g/mol. The van der Waals surface area contributed by atoms with Gasteiger partial charge in [-0.25, -0.2) is 0 Å². The predicted octanol–water partition coefficient (Wildman–Crippen LogP) is 4.36. The maximum Gasteiger partial charge on any atom is 0.149 e. The van der Waals surface area contributed by atoms with Crippen molar-refractivity contribution in [1.29, 1.82) is 0 Å². The molecule has 0 aliphatic heterocycles. The van der Waals surface area contributed by atoms with Crippen LogP contribution in [0.5, 0.6) is 0 Å². The molecule has 0 aromatic rings. The van der Waals surface area contributed by atoms with Gasteiger partial charge in [-0.3, -0.25) is 0 Å². The summed E-state index contributed by atoms with van der Waals surface area (Å²) in [6, 6.07) is 0. The fourth-order valence-electron chi connectivity index (χ4n) is 3.57. The second-order valence-corrected chi connectivity index (χ2v) is 6.51. The number of hydrogen-bond acceptors (Lipinski definition) is 4. The molecule has 0 aromatic heterocycles. The Morgan fingerprint density at radius 1 is 0.778 bits per heavy atom. The van der Waals surface area contributed by atoms with Gasteiger partial charge in [0.25, 0.3) is 0 Å². The average molecular weight is 293 g/mol. The summed E-state index contributed by atoms with van der Waals surface area (Å²) in [4.78, 5) is 23.0. The molecule has 102 valence electrons. The molecule has 4 atom stereocenters. The van der Waals surface area contributed by atoms with Crippen LogP contribution in [-0.4, -0.2) is 21.8 Å². The molecule has 0 aromatic carbocycles. The van der Waals surface area contributed by atoms with E-state index < -0.39 is 21.8 Å². The lowest BCUT2D eigenvalue weighted by atomic mass is 9.62. The SMILES string of the molecule is O=NC1(C2(N=O)CCCCC2Cl)CCCCC1Cl. The molecule has 2 aliphatic rings. The first-order valence-electron chi connectivity index (χ1n) is 6.60. The van der Waals surface area contributed by atoms with E-state index in [0.717, 1.165) is 25.7 Å². The van der Waals surface area contributed by atoms with E-state index in [2.05, 4.69) is 10.4 Å². The summed E-state index contributed by atoms with van der Waals surface area (Å²) in [5.41, 5.74) is -2.22. The fourth-order valence-corrected chi connectivity index (χ4v) is 4.55. The lowest BCUT2D eigenvalue weighted by Crippen LogP contribution is -2.63. The van der Waals surface area contributed by atoms with Crippen LogP contribution in [-0.2, 0) is 0 Å². The van der Waals surface area contributed by atoms with Crippen LogP contribution in [0, 0.1) is 9.81 Å². The molecule has 6 heteroatoms. The molecule has 2 rings (SSSR count). The molecule has 4 nitrogen and oxygen atoms in total. The van der Waals surface area contributed by atoms with Crippen molar-refractivity contribution >= 4 is 23.2 Å². The van der Waals surface area contributed by atoms with Crippen LogP contribution < -0.4 is 0 Å². The van der Waals surface area contributed by atoms with Crippen molar-refractivity contribution in [2.75, 3.05) is 0 Å². The van der Waals surface area contributed by atoms with E-state index in [-0.39, 0.29) is 0 Å². The van der Waals surface area contributed by atoms with Crippen LogP contribution >= 0.6 is 23.2 Å². The summed E-state index contributed by atoms with van der Waals surface area (Å²) in [6.07, 6.45) is 6.11. The highest BCUT2D eigenvalue weighted by atomic mass is 35.5. The molecule has 18 heavy (non-hydrogen) atoms. The van der Waals surface area contributed by atoms with Crippen LogP contribution in [0.15, 0.2) is 10.4 Å². The Balaban J connectivity index is 2.44. The van der Waals surface area contributed by atoms with Crippen LogP contribution in [0.2, 0.25) is 0 Å². The van der Waals surface area contributed by atoms with Gasteiger partial charge in [-0.15, -0.1) is 23.2 Å². The molecule has 2 saturated carbocycles. The molecule has 0 heterocycles. The van der Waals surface area contributed by atoms with Crippen molar-refractivity contribution in [3.05, 3.63) is 9.81 Å². The topological polar surface area (TPSA) is 58.9 Å². The van der Waals surface area contributed by atoms with Crippen LogP contribution in [0.1, 0.15) is 51.4 Å². The van der Waals surface area contributed by atoms with Crippen molar-refractivity contribution in [3.63, 3.8) is 0 Å². The molecular formula is C12H18Cl2N2O2. The van der Waals surface area contributed by atoms with Crippen molar-refractivity contribution in [2.45, 2.75) is 73.2 Å². The van der Waals surface area contributed by atoms with Gasteiger partial charge in [0, 0.05) is 0 Å². The Kier molecular flexibility index (Phi) is 4.27. The molecule has 0 amide bonds. The lowest BCUT2D eigenvalue weighted by Gasteiger charge is -2.49. The van der Waals surface area contributed by atoms with Gasteiger partial charge in [-0.05, 0) is 25.7 Å². The first-order valence-corrected chi connectivity index (χ1v) is 7.47. The van der Waals surface area contributed by atoms with E-state index in [0.29, 0.717) is 25.7 Å². The standard InChI is InChI=1S/C12H18Cl2N2O2/c13-9-5-1-3-7-11(9,15-17)12(16-18)8-4-2-6-10(12)14/h9-10H,1-8H2. The number of halogens is 2. The minimum absolute atomic E-state index is 0.430. The highest BCUT2D eigenvalue weighted by Crippen LogP contribution is 2.52. The summed E-state index contributed by atoms with van der Waals surface area (Å²) in [5, 5.41) is 5.77. The van der Waals surface area contributed by atoms with Crippen LogP contribution in [0.25, 0.3) is 0 Å². The summed E-state index contributed by atoms with van der Waals surface area (Å²) < 4.78 is 0. The zero-order valence-electron chi connectivity index (χ0n) is 10.3. The van der Waals surface area contributed by atoms with Crippen LogP contribution in [0.3, 0.4) is 0 Å². The third-order valence-electron chi connectivity index (χ3n) is 4.64. The fraction of sp³-hybridized carbons (Fsp3) is 1.00. The van der Waals surface area contributed by atoms with E-state index in [9.17, 15) is 9.81 Å². The minimum Gasteiger partial charge on any atom is -0.150 e. The molecule has 0 spiro atoms. The van der Waals surface area contributed by atoms with Crippen molar-refractivity contribution in [3.8, 4) is 0 Å². The Morgan fingerprint density at radius 2 is 1.17 bits per heavy atom. The van der Waals surface area contributed by atoms with Crippen LogP contribution in [0.4, 0.5) is 0 Å². The lowest BCUT2D eigenvalue weighted by molar-refractivity contribution is 0.127. The second kappa shape index (κ2) is 5.41. The molecule has 2 fully saturated rings. The van der Waals surface area contributed by atoms with E-state index in [1.54, 1.807) is 0 Å². The average Bonchev–Trinajstić information content (AvgIpc) is 2.41. The largest absolute Gasteiger partial charge is 0.150 e. The summed E-state index contributed by atoms with van der Waals surface area (Å²) in [7, 11) is 0. The molecule has 0 bridgehead atoms. The van der Waals surface area contributed by atoms with E-state index in [1.807, 2.05) is 0 Å². The quantitative estimate of drug-likeness (QED) is 0.573. The van der Waals surface area contributed by atoms with E-state index in [1.165, 1.54) is 0 Å². The number of nitroso groups, excluding NO2 is 2. The molecule has 0 radical (unpaired) electrons. The van der Waals surface area contributed by atoms with Crippen molar-refractivity contribution in [1.82, 2.24) is 0 Å². The number of rotatable bonds is 3. The number of hydrogen-bond donors (Lipinski definition) is 0. The Labute approximate surface area is 117 Å². The van der Waals surface area contributed by atoms with Gasteiger partial charge < -0.3 is 0 Å². The zero-order chi connectivity index (χ0) is 13.2. The molecule has 2 aliphatic carbocycles. The highest BCUT2D eigenvalue weighted by molar-refractivity contribution is 6.23. The van der Waals surface area contributed by atoms with Gasteiger partial charge >= 0.3 is 0 Å².